The molecule has 3 aromatic carbocycles. The Balaban J connectivity index is 1.41. The van der Waals surface area contributed by atoms with E-state index in [9.17, 15) is 31.7 Å². The van der Waals surface area contributed by atoms with Gasteiger partial charge in [0.15, 0.2) is 4.75 Å². The van der Waals surface area contributed by atoms with Gasteiger partial charge in [0, 0.05) is 50.7 Å². The Kier molecular flexibility index (Phi) is 11.5. The van der Waals surface area contributed by atoms with Crippen molar-refractivity contribution < 1.29 is 36.4 Å². The maximum Gasteiger partial charge on any atom is 0.415 e. The van der Waals surface area contributed by atoms with Gasteiger partial charge >= 0.3 is 12.3 Å². The number of carbonyl (C=O) groups is 2. The summed E-state index contributed by atoms with van der Waals surface area (Å²) in [6.07, 6.45) is -2.58. The maximum atomic E-state index is 13.9. The van der Waals surface area contributed by atoms with E-state index in [0.717, 1.165) is 48.6 Å². The smallest absolute Gasteiger partial charge is 0.415 e. The van der Waals surface area contributed by atoms with Crippen molar-refractivity contribution in [1.29, 1.82) is 0 Å². The second-order valence-corrected chi connectivity index (χ2v) is 15.6. The van der Waals surface area contributed by atoms with Gasteiger partial charge in [-0.15, -0.1) is 0 Å². The third-order valence-electron chi connectivity index (χ3n) is 10.00. The van der Waals surface area contributed by atoms with Gasteiger partial charge in [-0.05, 0) is 66.2 Å². The zero-order chi connectivity index (χ0) is 35.6. The number of halogens is 6. The highest BCUT2D eigenvalue weighted by molar-refractivity contribution is 7.92. The van der Waals surface area contributed by atoms with Gasteiger partial charge in [-0.1, -0.05) is 72.4 Å². The molecule has 1 heterocycles. The highest BCUT2D eigenvalue weighted by Gasteiger charge is 2.52. The van der Waals surface area contributed by atoms with E-state index in [-0.39, 0.29) is 39.4 Å². The van der Waals surface area contributed by atoms with Gasteiger partial charge in [0.2, 0.25) is 5.91 Å². The van der Waals surface area contributed by atoms with Crippen LogP contribution in [0.1, 0.15) is 68.1 Å². The van der Waals surface area contributed by atoms with Crippen molar-refractivity contribution in [2.24, 2.45) is 5.92 Å². The first-order valence-corrected chi connectivity index (χ1v) is 18.2. The standard InChI is InChI=1S/C36H38Cl2F4N2O4S/c1-43(32(45)21-36(40,41)42)23-34(26-12-13-30(37)31(38)19-26,44(2)33(46)48-28-10-5-9-27(39)20-28)16-6-7-24-14-17-35(18-15-24)29-11-4-3-8-25(29)22-49(35)47/h3-5,8-13,19-20,24H,6-7,14-18,21-23H2,1-2H3/t24?,34-,35?,49?/m1/s1. The van der Waals surface area contributed by atoms with Crippen molar-refractivity contribution >= 4 is 46.4 Å². The van der Waals surface area contributed by atoms with Crippen molar-refractivity contribution in [2.75, 3.05) is 20.6 Å². The van der Waals surface area contributed by atoms with Crippen LogP contribution in [-0.2, 0) is 32.0 Å². The van der Waals surface area contributed by atoms with Gasteiger partial charge in [-0.25, -0.2) is 9.18 Å². The van der Waals surface area contributed by atoms with E-state index >= 15 is 0 Å². The van der Waals surface area contributed by atoms with Gasteiger partial charge < -0.3 is 14.2 Å². The number of nitrogens with zero attached hydrogens (tertiary/aromatic N) is 2. The van der Waals surface area contributed by atoms with Crippen LogP contribution < -0.4 is 4.74 Å². The molecule has 6 nitrogen and oxygen atoms in total. The Morgan fingerprint density at radius 3 is 2.39 bits per heavy atom. The van der Waals surface area contributed by atoms with Crippen LogP contribution in [-0.4, -0.2) is 53.2 Å². The summed E-state index contributed by atoms with van der Waals surface area (Å²) < 4.78 is 72.3. The molecule has 264 valence electrons. The summed E-state index contributed by atoms with van der Waals surface area (Å²) in [5, 5.41) is 0.384. The topological polar surface area (TPSA) is 72.9 Å². The molecule has 0 saturated heterocycles. The highest BCUT2D eigenvalue weighted by atomic mass is 35.5. The Hall–Kier alpha value is -2.99. The van der Waals surface area contributed by atoms with E-state index in [2.05, 4.69) is 6.07 Å². The minimum absolute atomic E-state index is 0.0663. The molecule has 1 spiro atoms. The molecule has 0 bridgehead atoms. The molecule has 0 aromatic heterocycles. The van der Waals surface area contributed by atoms with Crippen molar-refractivity contribution in [3.8, 4) is 5.75 Å². The first-order valence-electron chi connectivity index (χ1n) is 16.1. The Morgan fingerprint density at radius 1 is 1.00 bits per heavy atom. The van der Waals surface area contributed by atoms with Gasteiger partial charge in [-0.3, -0.25) is 9.69 Å². The lowest BCUT2D eigenvalue weighted by atomic mass is 9.74. The van der Waals surface area contributed by atoms with Crippen LogP contribution in [0.2, 0.25) is 10.0 Å². The molecular formula is C36H38Cl2F4N2O4S. The molecule has 1 aliphatic heterocycles. The summed E-state index contributed by atoms with van der Waals surface area (Å²) in [5.74, 6) is -1.02. The Bertz CT molecular complexity index is 1670. The quantitative estimate of drug-likeness (QED) is 0.153. The lowest BCUT2D eigenvalue weighted by Gasteiger charge is -2.44. The van der Waals surface area contributed by atoms with E-state index in [1.807, 2.05) is 18.2 Å². The van der Waals surface area contributed by atoms with Crippen LogP contribution in [0.15, 0.2) is 66.7 Å². The van der Waals surface area contributed by atoms with Gasteiger partial charge in [-0.2, -0.15) is 13.2 Å². The molecule has 1 saturated carbocycles. The predicted octanol–water partition coefficient (Wildman–Crippen LogP) is 9.39. The number of amides is 2. The third-order valence-corrected chi connectivity index (χ3v) is 12.8. The van der Waals surface area contributed by atoms with Gasteiger partial charge in [0.05, 0.1) is 15.6 Å². The zero-order valence-corrected chi connectivity index (χ0v) is 29.5. The molecule has 2 atom stereocenters. The number of ether oxygens (including phenoxy) is 1. The van der Waals surface area contributed by atoms with Crippen LogP contribution in [0.5, 0.6) is 5.75 Å². The summed E-state index contributed by atoms with van der Waals surface area (Å²) in [4.78, 5) is 28.7. The van der Waals surface area contributed by atoms with Crippen molar-refractivity contribution in [2.45, 2.75) is 73.6 Å². The number of alkyl halides is 3. The summed E-state index contributed by atoms with van der Waals surface area (Å²) in [6, 6.07) is 17.8. The Morgan fingerprint density at radius 2 is 1.71 bits per heavy atom. The van der Waals surface area contributed by atoms with Crippen molar-refractivity contribution in [1.82, 2.24) is 9.80 Å². The number of hydrogen-bond donors (Lipinski definition) is 0. The summed E-state index contributed by atoms with van der Waals surface area (Å²) >= 11 is 11.7. The molecule has 1 fully saturated rings. The zero-order valence-electron chi connectivity index (χ0n) is 27.2. The molecule has 0 N–H and O–H groups in total. The molecule has 13 heteroatoms. The van der Waals surface area contributed by atoms with E-state index in [1.165, 1.54) is 54.9 Å². The minimum atomic E-state index is -4.73. The fourth-order valence-corrected chi connectivity index (χ4v) is 9.58. The van der Waals surface area contributed by atoms with E-state index in [1.54, 1.807) is 6.07 Å². The Labute approximate surface area is 296 Å². The van der Waals surface area contributed by atoms with E-state index < -0.39 is 47.1 Å². The van der Waals surface area contributed by atoms with Crippen LogP contribution in [0, 0.1) is 11.7 Å². The van der Waals surface area contributed by atoms with Gasteiger partial charge in [0.1, 0.15) is 23.7 Å². The fraction of sp³-hybridized carbons (Fsp3) is 0.444. The molecule has 1 aliphatic carbocycles. The lowest BCUT2D eigenvalue weighted by molar-refractivity contribution is -0.161. The van der Waals surface area contributed by atoms with E-state index in [4.69, 9.17) is 27.9 Å². The molecule has 49 heavy (non-hydrogen) atoms. The number of likely N-dealkylation sites (N-methyl/N-ethyl adjacent to an activating group) is 2. The minimum Gasteiger partial charge on any atom is -0.615 e. The van der Waals surface area contributed by atoms with Crippen LogP contribution >= 0.6 is 23.2 Å². The highest BCUT2D eigenvalue weighted by Crippen LogP contribution is 2.53. The molecule has 2 amide bonds. The predicted molar refractivity (Wildman–Crippen MR) is 182 cm³/mol. The maximum absolute atomic E-state index is 13.9. The summed E-state index contributed by atoms with van der Waals surface area (Å²) in [6.45, 7) is -0.321. The largest absolute Gasteiger partial charge is 0.615 e. The molecular weight excluding hydrogens is 703 g/mol. The van der Waals surface area contributed by atoms with Crippen LogP contribution in [0.3, 0.4) is 0 Å². The monoisotopic (exact) mass is 740 g/mol. The fourth-order valence-electron chi connectivity index (χ4n) is 7.33. The first kappa shape index (κ1) is 37.3. The summed E-state index contributed by atoms with van der Waals surface area (Å²) in [7, 11) is 2.69. The average molecular weight is 742 g/mol. The second kappa shape index (κ2) is 15.1. The van der Waals surface area contributed by atoms with Crippen molar-refractivity contribution in [3.05, 3.63) is 99.3 Å². The lowest BCUT2D eigenvalue weighted by Crippen LogP contribution is -2.55. The second-order valence-electron chi connectivity index (χ2n) is 13.1. The number of benzene rings is 3. The van der Waals surface area contributed by atoms with Crippen LogP contribution in [0.4, 0.5) is 22.4 Å². The SMILES string of the molecule is CN(C[C@](CCCC1CCC2(CC1)c1ccccc1C[S+]2[O-])(c1ccc(Cl)c(Cl)c1)N(C)C(=O)Oc1cccc(F)c1)C(=O)CC(F)(F)F. The van der Waals surface area contributed by atoms with Crippen molar-refractivity contribution in [3.63, 3.8) is 0 Å². The first-order chi connectivity index (χ1) is 23.1. The number of rotatable bonds is 10. The average Bonchev–Trinajstić information content (AvgIpc) is 3.31. The number of carbonyl (C=O) groups excluding carboxylic acids is 2. The summed E-state index contributed by atoms with van der Waals surface area (Å²) in [5.41, 5.74) is 1.34. The van der Waals surface area contributed by atoms with E-state index in [0.29, 0.717) is 17.7 Å². The number of fused-ring (bicyclic) bond motifs is 2. The molecule has 1 unspecified atom stereocenters. The normalized spacial score (nSPS) is 21.6. The van der Waals surface area contributed by atoms with Crippen LogP contribution in [0.25, 0.3) is 0 Å². The number of hydrogen-bond acceptors (Lipinski definition) is 4. The molecule has 2 aliphatic rings. The molecule has 0 radical (unpaired) electrons. The molecule has 5 rings (SSSR count). The van der Waals surface area contributed by atoms with Gasteiger partial charge in [0.25, 0.3) is 0 Å². The third kappa shape index (κ3) is 8.32. The molecule has 3 aromatic rings.